The molecule has 0 bridgehead atoms. The monoisotopic (exact) mass is 299 g/mol. The molecule has 1 aliphatic rings. The van der Waals surface area contributed by atoms with Crippen molar-refractivity contribution in [3.63, 3.8) is 0 Å². The van der Waals surface area contributed by atoms with Gasteiger partial charge in [-0.25, -0.2) is 4.98 Å². The van der Waals surface area contributed by atoms with Crippen molar-refractivity contribution in [1.82, 2.24) is 9.97 Å². The second-order valence-corrected chi connectivity index (χ2v) is 5.31. The first-order valence-corrected chi connectivity index (χ1v) is 7.18. The second kappa shape index (κ2) is 5.97. The van der Waals surface area contributed by atoms with E-state index in [-0.39, 0.29) is 11.9 Å². The molecule has 3 rings (SSSR count). The molecular formula is C15H17N5O2. The van der Waals surface area contributed by atoms with Crippen molar-refractivity contribution >= 4 is 17.3 Å². The van der Waals surface area contributed by atoms with Gasteiger partial charge in [0.25, 0.3) is 0 Å². The maximum atomic E-state index is 10.7. The van der Waals surface area contributed by atoms with E-state index in [1.807, 2.05) is 18.2 Å². The molecule has 0 radical (unpaired) electrons. The minimum Gasteiger partial charge on any atom is -0.362 e. The minimum atomic E-state index is -0.480. The zero-order valence-corrected chi connectivity index (χ0v) is 12.3. The van der Waals surface area contributed by atoms with Crippen LogP contribution in [0, 0.1) is 10.1 Å². The summed E-state index contributed by atoms with van der Waals surface area (Å²) in [4.78, 5) is 22.9. The summed E-state index contributed by atoms with van der Waals surface area (Å²) >= 11 is 0. The zero-order chi connectivity index (χ0) is 15.5. The van der Waals surface area contributed by atoms with E-state index in [1.54, 1.807) is 18.5 Å². The van der Waals surface area contributed by atoms with Gasteiger partial charge < -0.3 is 19.9 Å². The van der Waals surface area contributed by atoms with Crippen LogP contribution in [-0.4, -0.2) is 40.6 Å². The fourth-order valence-electron chi connectivity index (χ4n) is 2.75. The lowest BCUT2D eigenvalue weighted by Gasteiger charge is -2.41. The number of hydrogen-bond donors (Lipinski definition) is 0. The number of hydrogen-bond acceptors (Lipinski definition) is 6. The molecule has 7 heteroatoms. The summed E-state index contributed by atoms with van der Waals surface area (Å²) < 4.78 is 0. The smallest absolute Gasteiger partial charge is 0.362 e. The average Bonchev–Trinajstić information content (AvgIpc) is 2.56. The van der Waals surface area contributed by atoms with Crippen LogP contribution in [0.3, 0.4) is 0 Å². The van der Waals surface area contributed by atoms with Crippen LogP contribution in [-0.2, 0) is 0 Å². The molecule has 1 saturated heterocycles. The van der Waals surface area contributed by atoms with Crippen LogP contribution in [0.5, 0.6) is 0 Å². The van der Waals surface area contributed by atoms with Crippen molar-refractivity contribution in [2.45, 2.75) is 13.0 Å². The molecule has 3 heterocycles. The molecule has 7 nitrogen and oxygen atoms in total. The Morgan fingerprint density at radius 2 is 2.09 bits per heavy atom. The highest BCUT2D eigenvalue weighted by Gasteiger charge is 2.25. The Morgan fingerprint density at radius 3 is 2.68 bits per heavy atom. The summed E-state index contributed by atoms with van der Waals surface area (Å²) in [6, 6.07) is 9.39. The molecule has 1 atom stereocenters. The van der Waals surface area contributed by atoms with Gasteiger partial charge in [0.2, 0.25) is 0 Å². The molecule has 0 aliphatic carbocycles. The summed E-state index contributed by atoms with van der Waals surface area (Å²) in [5, 5.41) is 10.7. The number of anilines is 2. The highest BCUT2D eigenvalue weighted by atomic mass is 16.6. The van der Waals surface area contributed by atoms with Gasteiger partial charge in [0.05, 0.1) is 5.69 Å². The molecule has 114 valence electrons. The lowest BCUT2D eigenvalue weighted by molar-refractivity contribution is -0.389. The molecule has 0 N–H and O–H groups in total. The van der Waals surface area contributed by atoms with Gasteiger partial charge in [-0.3, -0.25) is 0 Å². The number of nitro groups is 1. The quantitative estimate of drug-likeness (QED) is 0.638. The Kier molecular flexibility index (Phi) is 3.86. The lowest BCUT2D eigenvalue weighted by atomic mass is 10.1. The van der Waals surface area contributed by atoms with Gasteiger partial charge in [0, 0.05) is 37.9 Å². The van der Waals surface area contributed by atoms with Crippen LogP contribution in [0.15, 0.2) is 42.7 Å². The summed E-state index contributed by atoms with van der Waals surface area (Å²) in [5.41, 5.74) is 0.916. The lowest BCUT2D eigenvalue weighted by Crippen LogP contribution is -2.52. The van der Waals surface area contributed by atoms with E-state index in [0.717, 1.165) is 31.1 Å². The fourth-order valence-corrected chi connectivity index (χ4v) is 2.75. The van der Waals surface area contributed by atoms with Gasteiger partial charge in [0.1, 0.15) is 5.82 Å². The average molecular weight is 299 g/mol. The fraction of sp³-hybridized carbons (Fsp3) is 0.333. The SMILES string of the molecule is C[C@H]1CN(c2ccccn2)CCN1c1ccc([N+](=O)[O-])nc1. The normalized spacial score (nSPS) is 18.3. The molecule has 1 fully saturated rings. The van der Waals surface area contributed by atoms with E-state index >= 15 is 0 Å². The topological polar surface area (TPSA) is 75.4 Å². The third kappa shape index (κ3) is 2.83. The van der Waals surface area contributed by atoms with Crippen LogP contribution < -0.4 is 9.80 Å². The molecule has 1 aliphatic heterocycles. The van der Waals surface area contributed by atoms with E-state index in [0.29, 0.717) is 0 Å². The van der Waals surface area contributed by atoms with E-state index in [4.69, 9.17) is 0 Å². The first kappa shape index (κ1) is 14.2. The van der Waals surface area contributed by atoms with Gasteiger partial charge in [-0.05, 0) is 35.0 Å². The van der Waals surface area contributed by atoms with Crippen molar-refractivity contribution in [2.24, 2.45) is 0 Å². The van der Waals surface area contributed by atoms with Crippen LogP contribution in [0.25, 0.3) is 0 Å². The summed E-state index contributed by atoms with van der Waals surface area (Å²) in [6.45, 7) is 4.68. The van der Waals surface area contributed by atoms with Gasteiger partial charge in [-0.2, -0.15) is 0 Å². The molecule has 0 amide bonds. The minimum absolute atomic E-state index is 0.122. The maximum Gasteiger partial charge on any atom is 0.363 e. The molecule has 0 aromatic carbocycles. The highest BCUT2D eigenvalue weighted by molar-refractivity contribution is 5.50. The number of pyridine rings is 2. The molecule has 0 saturated carbocycles. The molecular weight excluding hydrogens is 282 g/mol. The summed E-state index contributed by atoms with van der Waals surface area (Å²) in [6.07, 6.45) is 3.37. The Morgan fingerprint density at radius 1 is 1.23 bits per heavy atom. The van der Waals surface area contributed by atoms with Crippen molar-refractivity contribution < 1.29 is 4.92 Å². The molecule has 2 aromatic rings. The molecule has 0 spiro atoms. The third-order valence-corrected chi connectivity index (χ3v) is 3.85. The number of rotatable bonds is 3. The van der Waals surface area contributed by atoms with Crippen molar-refractivity contribution in [1.29, 1.82) is 0 Å². The Hall–Kier alpha value is -2.70. The largest absolute Gasteiger partial charge is 0.363 e. The number of piperazine rings is 1. The van der Waals surface area contributed by atoms with Crippen LogP contribution in [0.1, 0.15) is 6.92 Å². The van der Waals surface area contributed by atoms with Gasteiger partial charge >= 0.3 is 5.82 Å². The molecule has 0 unspecified atom stereocenters. The third-order valence-electron chi connectivity index (χ3n) is 3.85. The van der Waals surface area contributed by atoms with Crippen LogP contribution in [0.2, 0.25) is 0 Å². The first-order valence-electron chi connectivity index (χ1n) is 7.18. The van der Waals surface area contributed by atoms with E-state index in [1.165, 1.54) is 6.07 Å². The second-order valence-electron chi connectivity index (χ2n) is 5.31. The standard InChI is InChI=1S/C15H17N5O2/c1-12-11-18(14-4-2-3-7-16-14)8-9-19(12)13-5-6-15(17-10-13)20(21)22/h2-7,10,12H,8-9,11H2,1H3/t12-/m0/s1. The molecule has 22 heavy (non-hydrogen) atoms. The predicted octanol–water partition coefficient (Wildman–Crippen LogP) is 2.10. The number of aromatic nitrogens is 2. The summed E-state index contributed by atoms with van der Waals surface area (Å²) in [7, 11) is 0. The highest BCUT2D eigenvalue weighted by Crippen LogP contribution is 2.23. The Balaban J connectivity index is 1.71. The predicted molar refractivity (Wildman–Crippen MR) is 84.1 cm³/mol. The maximum absolute atomic E-state index is 10.7. The van der Waals surface area contributed by atoms with E-state index in [2.05, 4.69) is 26.7 Å². The van der Waals surface area contributed by atoms with Gasteiger partial charge in [-0.15, -0.1) is 0 Å². The van der Waals surface area contributed by atoms with Crippen molar-refractivity contribution in [3.8, 4) is 0 Å². The molecule has 2 aromatic heterocycles. The van der Waals surface area contributed by atoms with Crippen LogP contribution >= 0.6 is 0 Å². The number of nitrogens with zero attached hydrogens (tertiary/aromatic N) is 5. The van der Waals surface area contributed by atoms with Gasteiger partial charge in [0.15, 0.2) is 6.20 Å². The van der Waals surface area contributed by atoms with E-state index < -0.39 is 4.92 Å². The van der Waals surface area contributed by atoms with E-state index in [9.17, 15) is 10.1 Å². The summed E-state index contributed by atoms with van der Waals surface area (Å²) in [5.74, 6) is 0.861. The Labute approximate surface area is 128 Å². The van der Waals surface area contributed by atoms with Crippen molar-refractivity contribution in [2.75, 3.05) is 29.4 Å². The first-order chi connectivity index (χ1) is 10.6. The van der Waals surface area contributed by atoms with Crippen molar-refractivity contribution in [3.05, 3.63) is 52.8 Å². The Bertz CT molecular complexity index is 647. The zero-order valence-electron chi connectivity index (χ0n) is 12.3. The van der Waals surface area contributed by atoms with Crippen LogP contribution in [0.4, 0.5) is 17.3 Å². The van der Waals surface area contributed by atoms with Gasteiger partial charge in [-0.1, -0.05) is 6.07 Å².